The summed E-state index contributed by atoms with van der Waals surface area (Å²) in [5, 5.41) is 12.6. The molecule has 0 fully saturated rings. The smallest absolute Gasteiger partial charge is 0.186 e. The van der Waals surface area contributed by atoms with Crippen molar-refractivity contribution in [2.75, 3.05) is 11.9 Å². The number of fused-ring (bicyclic) bond motifs is 1. The van der Waals surface area contributed by atoms with E-state index in [1.807, 2.05) is 0 Å². The molecule has 2 aromatic rings. The summed E-state index contributed by atoms with van der Waals surface area (Å²) in [7, 11) is 0. The van der Waals surface area contributed by atoms with Gasteiger partial charge < -0.3 is 10.4 Å². The van der Waals surface area contributed by atoms with Crippen molar-refractivity contribution in [1.29, 1.82) is 0 Å². The van der Waals surface area contributed by atoms with Crippen LogP contribution in [0.4, 0.5) is 5.82 Å². The van der Waals surface area contributed by atoms with Crippen LogP contribution in [0, 0.1) is 5.92 Å². The fraction of sp³-hybridized carbons (Fsp3) is 0.545. The number of nitrogens with one attached hydrogen (secondary N) is 1. The Morgan fingerprint density at radius 1 is 1.44 bits per heavy atom. The topological polar surface area (TPSA) is 70.9 Å². The van der Waals surface area contributed by atoms with Crippen molar-refractivity contribution in [3.63, 3.8) is 0 Å². The van der Waals surface area contributed by atoms with Crippen molar-refractivity contribution in [3.8, 4) is 0 Å². The van der Waals surface area contributed by atoms with Crippen LogP contribution in [-0.2, 0) is 0 Å². The van der Waals surface area contributed by atoms with Crippen LogP contribution in [0.2, 0.25) is 4.47 Å². The number of aliphatic hydroxyl groups excluding tert-OH is 1. The molecule has 0 aliphatic rings. The number of hydrogen-bond donors (Lipinski definition) is 2. The Kier molecular flexibility index (Phi) is 4.31. The van der Waals surface area contributed by atoms with Crippen LogP contribution in [0.5, 0.6) is 0 Å². The molecule has 0 aliphatic carbocycles. The number of nitrogens with zero attached hydrogens (tertiary/aromatic N) is 3. The summed E-state index contributed by atoms with van der Waals surface area (Å²) in [6, 6.07) is -0.0241. The van der Waals surface area contributed by atoms with Gasteiger partial charge in [0.05, 0.1) is 12.6 Å². The van der Waals surface area contributed by atoms with E-state index in [-0.39, 0.29) is 12.6 Å². The highest BCUT2D eigenvalue weighted by molar-refractivity contribution is 7.22. The first-order valence-electron chi connectivity index (χ1n) is 5.74. The van der Waals surface area contributed by atoms with Crippen molar-refractivity contribution in [3.05, 3.63) is 10.8 Å². The summed E-state index contributed by atoms with van der Waals surface area (Å²) in [6.45, 7) is 4.29. The van der Waals surface area contributed by atoms with Gasteiger partial charge in [-0.25, -0.2) is 15.0 Å². The van der Waals surface area contributed by atoms with Crippen molar-refractivity contribution >= 4 is 39.1 Å². The molecule has 2 rings (SSSR count). The Morgan fingerprint density at radius 3 is 2.89 bits per heavy atom. The van der Waals surface area contributed by atoms with Crippen molar-refractivity contribution in [2.24, 2.45) is 5.92 Å². The molecular formula is C11H15ClN4OS. The first kappa shape index (κ1) is 13.5. The minimum atomic E-state index is -0.0241. The van der Waals surface area contributed by atoms with E-state index in [2.05, 4.69) is 34.1 Å². The normalized spacial score (nSPS) is 13.2. The van der Waals surface area contributed by atoms with Gasteiger partial charge in [-0.15, -0.1) is 0 Å². The fourth-order valence-electron chi connectivity index (χ4n) is 1.77. The molecule has 0 spiro atoms. The SMILES string of the molecule is CC(C)C[C@H](CO)Nc1ncnc2nc(Cl)sc12. The van der Waals surface area contributed by atoms with Gasteiger partial charge in [0.25, 0.3) is 0 Å². The second kappa shape index (κ2) is 5.77. The van der Waals surface area contributed by atoms with Gasteiger partial charge in [0, 0.05) is 0 Å². The van der Waals surface area contributed by atoms with E-state index in [1.54, 1.807) is 0 Å². The minimum Gasteiger partial charge on any atom is -0.394 e. The van der Waals surface area contributed by atoms with Crippen molar-refractivity contribution < 1.29 is 5.11 Å². The zero-order valence-electron chi connectivity index (χ0n) is 10.2. The van der Waals surface area contributed by atoms with Crippen LogP contribution in [0.15, 0.2) is 6.33 Å². The second-order valence-electron chi connectivity index (χ2n) is 4.50. The van der Waals surface area contributed by atoms with Crippen molar-refractivity contribution in [1.82, 2.24) is 15.0 Å². The molecule has 0 aliphatic heterocycles. The summed E-state index contributed by atoms with van der Waals surface area (Å²) >= 11 is 7.21. The molecule has 2 aromatic heterocycles. The highest BCUT2D eigenvalue weighted by Crippen LogP contribution is 2.29. The van der Waals surface area contributed by atoms with Crippen LogP contribution >= 0.6 is 22.9 Å². The highest BCUT2D eigenvalue weighted by Gasteiger charge is 2.14. The Labute approximate surface area is 114 Å². The molecule has 0 amide bonds. The maximum absolute atomic E-state index is 9.37. The van der Waals surface area contributed by atoms with Gasteiger partial charge in [0.1, 0.15) is 16.8 Å². The van der Waals surface area contributed by atoms with E-state index >= 15 is 0 Å². The number of thiazole rings is 1. The third-order valence-corrected chi connectivity index (χ3v) is 3.64. The highest BCUT2D eigenvalue weighted by atomic mass is 35.5. The van der Waals surface area contributed by atoms with Gasteiger partial charge >= 0.3 is 0 Å². The van der Waals surface area contributed by atoms with Gasteiger partial charge in [0.2, 0.25) is 0 Å². The number of anilines is 1. The molecule has 5 nitrogen and oxygen atoms in total. The maximum Gasteiger partial charge on any atom is 0.186 e. The molecule has 7 heteroatoms. The quantitative estimate of drug-likeness (QED) is 0.884. The van der Waals surface area contributed by atoms with Gasteiger partial charge in [-0.2, -0.15) is 0 Å². The Morgan fingerprint density at radius 2 is 2.22 bits per heavy atom. The van der Waals surface area contributed by atoms with Crippen LogP contribution < -0.4 is 5.32 Å². The Hall–Kier alpha value is -0.980. The van der Waals surface area contributed by atoms with E-state index in [1.165, 1.54) is 17.7 Å². The molecular weight excluding hydrogens is 272 g/mol. The summed E-state index contributed by atoms with van der Waals surface area (Å²) in [5.41, 5.74) is 0.587. The molecule has 1 atom stereocenters. The lowest BCUT2D eigenvalue weighted by atomic mass is 10.0. The molecule has 0 bridgehead atoms. The predicted octanol–water partition coefficient (Wildman–Crippen LogP) is 2.56. The van der Waals surface area contributed by atoms with Crippen LogP contribution in [-0.4, -0.2) is 32.7 Å². The first-order chi connectivity index (χ1) is 8.60. The number of aliphatic hydroxyl groups is 1. The molecule has 98 valence electrons. The third kappa shape index (κ3) is 3.07. The molecule has 0 aromatic carbocycles. The lowest BCUT2D eigenvalue weighted by molar-refractivity contribution is 0.259. The summed E-state index contributed by atoms with van der Waals surface area (Å²) in [5.74, 6) is 1.18. The van der Waals surface area contributed by atoms with E-state index in [9.17, 15) is 5.11 Å². The average molecular weight is 287 g/mol. The average Bonchev–Trinajstić information content (AvgIpc) is 2.69. The lowest BCUT2D eigenvalue weighted by Crippen LogP contribution is -2.26. The van der Waals surface area contributed by atoms with Gasteiger partial charge in [-0.3, -0.25) is 0 Å². The second-order valence-corrected chi connectivity index (χ2v) is 6.08. The molecule has 18 heavy (non-hydrogen) atoms. The molecule has 0 unspecified atom stereocenters. The van der Waals surface area contributed by atoms with E-state index in [4.69, 9.17) is 11.6 Å². The van der Waals surface area contributed by atoms with Gasteiger partial charge in [-0.1, -0.05) is 36.8 Å². The van der Waals surface area contributed by atoms with Crippen LogP contribution in [0.3, 0.4) is 0 Å². The molecule has 2 N–H and O–H groups in total. The molecule has 0 saturated carbocycles. The number of hydrogen-bond acceptors (Lipinski definition) is 6. The first-order valence-corrected chi connectivity index (χ1v) is 6.94. The number of rotatable bonds is 5. The van der Waals surface area contributed by atoms with E-state index in [0.717, 1.165) is 11.1 Å². The predicted molar refractivity (Wildman–Crippen MR) is 74.2 cm³/mol. The van der Waals surface area contributed by atoms with Crippen LogP contribution in [0.25, 0.3) is 10.3 Å². The fourth-order valence-corrected chi connectivity index (χ4v) is 2.78. The van der Waals surface area contributed by atoms with Crippen molar-refractivity contribution in [2.45, 2.75) is 26.3 Å². The monoisotopic (exact) mass is 286 g/mol. The largest absolute Gasteiger partial charge is 0.394 e. The number of halogens is 1. The zero-order chi connectivity index (χ0) is 13.1. The molecule has 2 heterocycles. The standard InChI is InChI=1S/C11H15ClN4OS/c1-6(2)3-7(4-17)15-9-8-10(14-5-13-9)16-11(12)18-8/h5-7,17H,3-4H2,1-2H3,(H,13,14,15)/t7-/m1/s1. The van der Waals surface area contributed by atoms with E-state index in [0.29, 0.717) is 21.8 Å². The molecule has 0 radical (unpaired) electrons. The zero-order valence-corrected chi connectivity index (χ0v) is 11.8. The van der Waals surface area contributed by atoms with Crippen LogP contribution in [0.1, 0.15) is 20.3 Å². The maximum atomic E-state index is 9.37. The minimum absolute atomic E-state index is 0.0241. The molecule has 0 saturated heterocycles. The lowest BCUT2D eigenvalue weighted by Gasteiger charge is -2.18. The Bertz CT molecular complexity index is 531. The summed E-state index contributed by atoms with van der Waals surface area (Å²) in [6.07, 6.45) is 2.32. The van der Waals surface area contributed by atoms with Gasteiger partial charge in [0.15, 0.2) is 10.1 Å². The van der Waals surface area contributed by atoms with Gasteiger partial charge in [-0.05, 0) is 12.3 Å². The number of aromatic nitrogens is 3. The summed E-state index contributed by atoms with van der Waals surface area (Å²) < 4.78 is 1.27. The third-order valence-electron chi connectivity index (χ3n) is 2.48. The Balaban J connectivity index is 2.24. The summed E-state index contributed by atoms with van der Waals surface area (Å²) in [4.78, 5) is 12.3. The van der Waals surface area contributed by atoms with E-state index < -0.39 is 0 Å².